The molecule has 4 aliphatic rings. The maximum atomic E-state index is 11.8. The van der Waals surface area contributed by atoms with Crippen LogP contribution in [0.25, 0.3) is 0 Å². The Labute approximate surface area is 122 Å². The quantitative estimate of drug-likeness (QED) is 0.752. The van der Waals surface area contributed by atoms with Crippen LogP contribution in [0.4, 0.5) is 0 Å². The molecule has 4 fully saturated rings. The number of hydrogen-bond acceptors (Lipinski definition) is 4. The third-order valence-electron chi connectivity index (χ3n) is 6.38. The summed E-state index contributed by atoms with van der Waals surface area (Å²) in [5.74, 6) is 0.332. The van der Waals surface area contributed by atoms with Gasteiger partial charge >= 0.3 is 0 Å². The van der Waals surface area contributed by atoms with Gasteiger partial charge in [0.2, 0.25) is 0 Å². The van der Waals surface area contributed by atoms with E-state index >= 15 is 0 Å². The van der Waals surface area contributed by atoms with E-state index in [4.69, 9.17) is 8.92 Å². The van der Waals surface area contributed by atoms with E-state index in [2.05, 4.69) is 13.8 Å². The van der Waals surface area contributed by atoms with Crippen LogP contribution in [0.1, 0.15) is 52.4 Å². The van der Waals surface area contributed by atoms with Crippen molar-refractivity contribution in [2.45, 2.75) is 64.1 Å². The first-order valence-electron chi connectivity index (χ1n) is 7.59. The van der Waals surface area contributed by atoms with Gasteiger partial charge in [0.15, 0.2) is 0 Å². The molecule has 4 atom stereocenters. The lowest BCUT2D eigenvalue weighted by atomic mass is 9.44. The van der Waals surface area contributed by atoms with Crippen LogP contribution in [0.5, 0.6) is 0 Å². The van der Waals surface area contributed by atoms with Crippen LogP contribution in [0, 0.1) is 16.7 Å². The van der Waals surface area contributed by atoms with Gasteiger partial charge in [0, 0.05) is 7.11 Å². The molecule has 5 heteroatoms. The lowest BCUT2D eigenvalue weighted by molar-refractivity contribution is -0.265. The Morgan fingerprint density at radius 3 is 2.40 bits per heavy atom. The summed E-state index contributed by atoms with van der Waals surface area (Å²) in [6, 6.07) is 0. The second-order valence-corrected chi connectivity index (χ2v) is 9.34. The first-order chi connectivity index (χ1) is 9.16. The molecular weight excluding hydrogens is 276 g/mol. The second-order valence-electron chi connectivity index (χ2n) is 7.74. The van der Waals surface area contributed by atoms with Gasteiger partial charge in [-0.2, -0.15) is 8.42 Å². The molecule has 0 N–H and O–H groups in total. The zero-order valence-corrected chi connectivity index (χ0v) is 13.8. The highest BCUT2D eigenvalue weighted by Crippen LogP contribution is 2.69. The minimum absolute atomic E-state index is 0.0454. The van der Waals surface area contributed by atoms with Gasteiger partial charge in [-0.1, -0.05) is 20.3 Å². The predicted octanol–water partition coefficient (Wildman–Crippen LogP) is 2.73. The van der Waals surface area contributed by atoms with Crippen molar-refractivity contribution in [3.8, 4) is 0 Å². The number of hydrogen-bond donors (Lipinski definition) is 0. The molecule has 0 saturated heterocycles. The van der Waals surface area contributed by atoms with Crippen LogP contribution in [-0.4, -0.2) is 33.5 Å². The molecule has 20 heavy (non-hydrogen) atoms. The van der Waals surface area contributed by atoms with Gasteiger partial charge < -0.3 is 4.74 Å². The van der Waals surface area contributed by atoms with Crippen molar-refractivity contribution in [2.75, 3.05) is 13.4 Å². The number of methoxy groups -OCH3 is 1. The van der Waals surface area contributed by atoms with Crippen LogP contribution in [0.3, 0.4) is 0 Å². The molecule has 0 aromatic rings. The zero-order valence-electron chi connectivity index (χ0n) is 12.9. The SMILES string of the molecule is CO[C@]12CC[C@@]3(CCC[C@H]3[C@@H]1OS(C)(=O)=O)CC2(C)C. The minimum Gasteiger partial charge on any atom is -0.375 e. The molecule has 116 valence electrons. The Bertz CT molecular complexity index is 512. The van der Waals surface area contributed by atoms with E-state index in [1.807, 2.05) is 0 Å². The fourth-order valence-corrected chi connectivity index (χ4v) is 6.41. The highest BCUT2D eigenvalue weighted by molar-refractivity contribution is 7.86. The minimum atomic E-state index is -3.47. The summed E-state index contributed by atoms with van der Waals surface area (Å²) >= 11 is 0. The second kappa shape index (κ2) is 4.20. The largest absolute Gasteiger partial charge is 0.375 e. The van der Waals surface area contributed by atoms with Gasteiger partial charge in [-0.3, -0.25) is 4.18 Å². The molecule has 4 saturated carbocycles. The number of ether oxygens (including phenoxy) is 1. The van der Waals surface area contributed by atoms with E-state index in [-0.39, 0.29) is 16.9 Å². The molecule has 0 unspecified atom stereocenters. The summed E-state index contributed by atoms with van der Waals surface area (Å²) in [7, 11) is -1.75. The van der Waals surface area contributed by atoms with Gasteiger partial charge in [0.1, 0.15) is 11.7 Å². The molecule has 4 nitrogen and oxygen atoms in total. The van der Waals surface area contributed by atoms with Gasteiger partial charge in [-0.15, -0.1) is 0 Å². The molecule has 0 heterocycles. The lowest BCUT2D eigenvalue weighted by Gasteiger charge is -2.66. The summed E-state index contributed by atoms with van der Waals surface area (Å²) in [4.78, 5) is 0. The van der Waals surface area contributed by atoms with Crippen molar-refractivity contribution in [1.82, 2.24) is 0 Å². The van der Waals surface area contributed by atoms with E-state index in [0.29, 0.717) is 5.92 Å². The van der Waals surface area contributed by atoms with E-state index in [0.717, 1.165) is 31.9 Å². The molecule has 0 aliphatic heterocycles. The van der Waals surface area contributed by atoms with Crippen molar-refractivity contribution >= 4 is 10.1 Å². The Kier molecular flexibility index (Phi) is 3.11. The number of fused-ring (bicyclic) bond motifs is 2. The Balaban J connectivity index is 2.09. The Hall–Kier alpha value is -0.130. The van der Waals surface area contributed by atoms with Crippen LogP contribution in [-0.2, 0) is 19.0 Å². The molecule has 0 radical (unpaired) electrons. The highest BCUT2D eigenvalue weighted by atomic mass is 32.2. The van der Waals surface area contributed by atoms with Gasteiger partial charge in [0.25, 0.3) is 10.1 Å². The van der Waals surface area contributed by atoms with Crippen molar-refractivity contribution in [3.63, 3.8) is 0 Å². The van der Waals surface area contributed by atoms with E-state index in [1.54, 1.807) is 7.11 Å². The van der Waals surface area contributed by atoms with Crippen molar-refractivity contribution in [1.29, 1.82) is 0 Å². The smallest absolute Gasteiger partial charge is 0.264 e. The summed E-state index contributed by atoms with van der Waals surface area (Å²) in [6.45, 7) is 4.43. The molecule has 4 rings (SSSR count). The first kappa shape index (κ1) is 14.8. The van der Waals surface area contributed by atoms with E-state index in [1.165, 1.54) is 12.8 Å². The fraction of sp³-hybridized carbons (Fsp3) is 1.00. The monoisotopic (exact) mass is 302 g/mol. The Morgan fingerprint density at radius 2 is 1.85 bits per heavy atom. The lowest BCUT2D eigenvalue weighted by Crippen LogP contribution is -2.69. The highest BCUT2D eigenvalue weighted by Gasteiger charge is 2.70. The molecule has 0 aromatic heterocycles. The van der Waals surface area contributed by atoms with Gasteiger partial charge in [-0.25, -0.2) is 0 Å². The third kappa shape index (κ3) is 1.82. The van der Waals surface area contributed by atoms with Crippen LogP contribution in [0.2, 0.25) is 0 Å². The van der Waals surface area contributed by atoms with E-state index in [9.17, 15) is 8.42 Å². The van der Waals surface area contributed by atoms with Crippen molar-refractivity contribution in [3.05, 3.63) is 0 Å². The van der Waals surface area contributed by atoms with Gasteiger partial charge in [-0.05, 0) is 48.9 Å². The Morgan fingerprint density at radius 1 is 1.15 bits per heavy atom. The summed E-state index contributed by atoms with van der Waals surface area (Å²) in [5.41, 5.74) is -0.234. The molecule has 2 bridgehead atoms. The molecule has 1 spiro atoms. The average Bonchev–Trinajstić information content (AvgIpc) is 2.70. The average molecular weight is 302 g/mol. The summed E-state index contributed by atoms with van der Waals surface area (Å²) < 4.78 is 35.1. The first-order valence-corrected chi connectivity index (χ1v) is 9.41. The fourth-order valence-electron chi connectivity index (χ4n) is 5.74. The van der Waals surface area contributed by atoms with Crippen LogP contribution in [0.15, 0.2) is 0 Å². The van der Waals surface area contributed by atoms with Crippen molar-refractivity contribution in [2.24, 2.45) is 16.7 Å². The molecular formula is C15H26O4S. The van der Waals surface area contributed by atoms with Crippen LogP contribution >= 0.6 is 0 Å². The molecule has 4 aliphatic carbocycles. The maximum Gasteiger partial charge on any atom is 0.264 e. The standard InChI is InChI=1S/C15H26O4S/c1-13(2)10-14-7-5-6-11(14)12(19-20(4,16)17)15(13,18-3)9-8-14/h11-12H,5-10H2,1-4H3/t11-,12-,14-,15+/m0/s1. The molecule has 0 amide bonds. The zero-order chi connectivity index (χ0) is 14.8. The van der Waals surface area contributed by atoms with Crippen LogP contribution < -0.4 is 0 Å². The normalized spacial score (nSPS) is 46.4. The van der Waals surface area contributed by atoms with Crippen molar-refractivity contribution < 1.29 is 17.3 Å². The molecule has 0 aromatic carbocycles. The third-order valence-corrected chi connectivity index (χ3v) is 6.93. The predicted molar refractivity (Wildman–Crippen MR) is 76.9 cm³/mol. The number of rotatable bonds is 3. The topological polar surface area (TPSA) is 52.6 Å². The summed E-state index contributed by atoms with van der Waals surface area (Å²) in [6.07, 6.45) is 7.50. The van der Waals surface area contributed by atoms with Gasteiger partial charge in [0.05, 0.1) is 6.26 Å². The summed E-state index contributed by atoms with van der Waals surface area (Å²) in [5, 5.41) is 0. The maximum absolute atomic E-state index is 11.8. The van der Waals surface area contributed by atoms with E-state index < -0.39 is 15.7 Å².